The number of hydrogen-bond acceptors (Lipinski definition) is 2. The largest absolute Gasteiger partial charge is 0.325 e. The van der Waals surface area contributed by atoms with E-state index in [4.69, 9.17) is 0 Å². The van der Waals surface area contributed by atoms with Gasteiger partial charge < -0.3 is 10.3 Å². The molecule has 0 radical (unpaired) electrons. The fourth-order valence-corrected chi connectivity index (χ4v) is 2.74. The number of aromatic amines is 1. The number of aromatic nitrogens is 2. The standard InChI is InChI=1S/C10H15N3O/c1-6-2-12-10(14)13(6)5-9-7-3-11-4-8(7)9/h2,7-9,11H,3-5H2,1H3,(H,12,14). The Balaban J connectivity index is 1.77. The molecule has 1 saturated carbocycles. The first-order valence-corrected chi connectivity index (χ1v) is 5.23. The first-order chi connectivity index (χ1) is 6.77. The number of nitrogens with zero attached hydrogens (tertiary/aromatic N) is 1. The minimum atomic E-state index is 0.0421. The molecule has 1 aliphatic heterocycles. The van der Waals surface area contributed by atoms with Gasteiger partial charge in [0.25, 0.3) is 0 Å². The molecule has 1 aromatic rings. The molecule has 4 nitrogen and oxygen atoms in total. The fourth-order valence-electron chi connectivity index (χ4n) is 2.74. The van der Waals surface area contributed by atoms with E-state index in [1.54, 1.807) is 6.20 Å². The maximum absolute atomic E-state index is 11.4. The van der Waals surface area contributed by atoms with Crippen LogP contribution in [0.3, 0.4) is 0 Å². The van der Waals surface area contributed by atoms with Crippen LogP contribution in [0, 0.1) is 24.7 Å². The van der Waals surface area contributed by atoms with Crippen molar-refractivity contribution in [3.8, 4) is 0 Å². The summed E-state index contributed by atoms with van der Waals surface area (Å²) in [6, 6.07) is 0. The Kier molecular flexibility index (Phi) is 1.62. The zero-order valence-corrected chi connectivity index (χ0v) is 8.29. The van der Waals surface area contributed by atoms with Gasteiger partial charge >= 0.3 is 5.69 Å². The predicted octanol–water partition coefficient (Wildman–Crippen LogP) is -0.0498. The highest BCUT2D eigenvalue weighted by Crippen LogP contribution is 2.49. The fraction of sp³-hybridized carbons (Fsp3) is 0.700. The third kappa shape index (κ3) is 1.07. The quantitative estimate of drug-likeness (QED) is 0.692. The molecule has 4 heteroatoms. The summed E-state index contributed by atoms with van der Waals surface area (Å²) in [5, 5.41) is 3.37. The first-order valence-electron chi connectivity index (χ1n) is 5.23. The van der Waals surface area contributed by atoms with Gasteiger partial charge in [-0.3, -0.25) is 4.57 Å². The highest BCUT2D eigenvalue weighted by atomic mass is 16.1. The molecule has 2 aliphatic rings. The normalized spacial score (nSPS) is 34.5. The molecule has 2 N–H and O–H groups in total. The Labute approximate surface area is 82.3 Å². The summed E-state index contributed by atoms with van der Waals surface area (Å²) in [4.78, 5) is 14.1. The molecule has 2 heterocycles. The summed E-state index contributed by atoms with van der Waals surface area (Å²) < 4.78 is 1.86. The number of nitrogens with one attached hydrogen (secondary N) is 2. The lowest BCUT2D eigenvalue weighted by atomic mass is 10.3. The van der Waals surface area contributed by atoms with E-state index in [2.05, 4.69) is 10.3 Å². The molecule has 1 aromatic heterocycles. The van der Waals surface area contributed by atoms with E-state index in [1.165, 1.54) is 0 Å². The maximum atomic E-state index is 11.4. The van der Waals surface area contributed by atoms with Gasteiger partial charge in [-0.1, -0.05) is 0 Å². The molecule has 0 bridgehead atoms. The second kappa shape index (κ2) is 2.73. The lowest BCUT2D eigenvalue weighted by molar-refractivity contribution is 0.502. The SMILES string of the molecule is Cc1c[nH]c(=O)n1CC1C2CNCC21. The number of imidazole rings is 1. The van der Waals surface area contributed by atoms with Gasteiger partial charge in [-0.2, -0.15) is 0 Å². The van der Waals surface area contributed by atoms with Crippen LogP contribution >= 0.6 is 0 Å². The molecular formula is C10H15N3O. The van der Waals surface area contributed by atoms with Crippen molar-refractivity contribution in [2.45, 2.75) is 13.5 Å². The van der Waals surface area contributed by atoms with Gasteiger partial charge in [0.1, 0.15) is 0 Å². The van der Waals surface area contributed by atoms with Crippen LogP contribution < -0.4 is 11.0 Å². The van der Waals surface area contributed by atoms with Crippen molar-refractivity contribution >= 4 is 0 Å². The Morgan fingerprint density at radius 1 is 1.50 bits per heavy atom. The molecule has 0 amide bonds. The van der Waals surface area contributed by atoms with Crippen LogP contribution in [0.5, 0.6) is 0 Å². The number of fused-ring (bicyclic) bond motifs is 1. The van der Waals surface area contributed by atoms with Gasteiger partial charge in [0, 0.05) is 18.4 Å². The highest BCUT2D eigenvalue weighted by Gasteiger charge is 2.52. The predicted molar refractivity (Wildman–Crippen MR) is 53.1 cm³/mol. The van der Waals surface area contributed by atoms with Crippen LogP contribution in [0.2, 0.25) is 0 Å². The first kappa shape index (κ1) is 8.29. The molecule has 1 aliphatic carbocycles. The molecule has 0 spiro atoms. The van der Waals surface area contributed by atoms with Gasteiger partial charge in [-0.25, -0.2) is 4.79 Å². The summed E-state index contributed by atoms with van der Waals surface area (Å²) in [6.45, 7) is 5.18. The van der Waals surface area contributed by atoms with Gasteiger partial charge in [-0.05, 0) is 37.8 Å². The van der Waals surface area contributed by atoms with Crippen LogP contribution in [0.25, 0.3) is 0 Å². The molecule has 2 atom stereocenters. The Hall–Kier alpha value is -1.03. The second-order valence-corrected chi connectivity index (χ2v) is 4.50. The Morgan fingerprint density at radius 2 is 2.21 bits per heavy atom. The van der Waals surface area contributed by atoms with Crippen LogP contribution in [0.4, 0.5) is 0 Å². The lowest BCUT2D eigenvalue weighted by Crippen LogP contribution is -2.23. The number of rotatable bonds is 2. The summed E-state index contributed by atoms with van der Waals surface area (Å²) >= 11 is 0. The molecule has 76 valence electrons. The van der Waals surface area contributed by atoms with Crippen molar-refractivity contribution in [1.82, 2.24) is 14.9 Å². The number of piperidine rings is 1. The van der Waals surface area contributed by atoms with E-state index in [0.29, 0.717) is 0 Å². The van der Waals surface area contributed by atoms with Gasteiger partial charge in [0.2, 0.25) is 0 Å². The minimum Gasteiger partial charge on any atom is -0.316 e. The van der Waals surface area contributed by atoms with Crippen LogP contribution in [-0.2, 0) is 6.54 Å². The van der Waals surface area contributed by atoms with Crippen molar-refractivity contribution in [2.24, 2.45) is 17.8 Å². The summed E-state index contributed by atoms with van der Waals surface area (Å²) in [5.41, 5.74) is 1.09. The minimum absolute atomic E-state index is 0.0421. The molecule has 14 heavy (non-hydrogen) atoms. The summed E-state index contributed by atoms with van der Waals surface area (Å²) in [5.74, 6) is 2.40. The average molecular weight is 193 g/mol. The molecule has 0 aromatic carbocycles. The van der Waals surface area contributed by atoms with E-state index in [-0.39, 0.29) is 5.69 Å². The van der Waals surface area contributed by atoms with E-state index < -0.39 is 0 Å². The van der Waals surface area contributed by atoms with Crippen LogP contribution in [-0.4, -0.2) is 22.6 Å². The van der Waals surface area contributed by atoms with Crippen molar-refractivity contribution in [1.29, 1.82) is 0 Å². The molecular weight excluding hydrogens is 178 g/mol. The third-order valence-electron chi connectivity index (χ3n) is 3.74. The van der Waals surface area contributed by atoms with E-state index in [0.717, 1.165) is 43.1 Å². The van der Waals surface area contributed by atoms with Crippen molar-refractivity contribution in [3.05, 3.63) is 22.4 Å². The van der Waals surface area contributed by atoms with Crippen LogP contribution in [0.1, 0.15) is 5.69 Å². The smallest absolute Gasteiger partial charge is 0.316 e. The zero-order chi connectivity index (χ0) is 9.71. The van der Waals surface area contributed by atoms with Gasteiger partial charge in [0.05, 0.1) is 0 Å². The van der Waals surface area contributed by atoms with Gasteiger partial charge in [0.15, 0.2) is 0 Å². The number of H-pyrrole nitrogens is 1. The van der Waals surface area contributed by atoms with E-state index in [1.807, 2.05) is 11.5 Å². The second-order valence-electron chi connectivity index (χ2n) is 4.50. The molecule has 2 unspecified atom stereocenters. The summed E-state index contributed by atoms with van der Waals surface area (Å²) in [6.07, 6.45) is 1.79. The van der Waals surface area contributed by atoms with Crippen molar-refractivity contribution < 1.29 is 0 Å². The molecule has 2 fully saturated rings. The van der Waals surface area contributed by atoms with E-state index >= 15 is 0 Å². The van der Waals surface area contributed by atoms with Crippen molar-refractivity contribution in [3.63, 3.8) is 0 Å². The Morgan fingerprint density at radius 3 is 2.79 bits per heavy atom. The highest BCUT2D eigenvalue weighted by molar-refractivity contribution is 5.05. The van der Waals surface area contributed by atoms with Crippen molar-refractivity contribution in [2.75, 3.05) is 13.1 Å². The third-order valence-corrected chi connectivity index (χ3v) is 3.74. The zero-order valence-electron chi connectivity index (χ0n) is 8.29. The average Bonchev–Trinajstić information content (AvgIpc) is 2.55. The van der Waals surface area contributed by atoms with Gasteiger partial charge in [-0.15, -0.1) is 0 Å². The summed E-state index contributed by atoms with van der Waals surface area (Å²) in [7, 11) is 0. The Bertz CT molecular complexity index is 396. The molecule has 3 rings (SSSR count). The maximum Gasteiger partial charge on any atom is 0.325 e. The topological polar surface area (TPSA) is 49.8 Å². The monoisotopic (exact) mass is 193 g/mol. The van der Waals surface area contributed by atoms with Crippen LogP contribution in [0.15, 0.2) is 11.0 Å². The molecule has 1 saturated heterocycles. The lowest BCUT2D eigenvalue weighted by Gasteiger charge is -2.06. The number of hydrogen-bond donors (Lipinski definition) is 2. The van der Waals surface area contributed by atoms with E-state index in [9.17, 15) is 4.79 Å². The number of aryl methyl sites for hydroxylation is 1.